The Kier molecular flexibility index (Phi) is 14.4. The number of aromatic hydroxyl groups is 2. The van der Waals surface area contributed by atoms with Crippen LogP contribution in [0.3, 0.4) is 0 Å². The third-order valence-corrected chi connectivity index (χ3v) is 4.51. The van der Waals surface area contributed by atoms with Gasteiger partial charge >= 0.3 is 12.1 Å². The minimum Gasteiger partial charge on any atom is -0.508 e. The van der Waals surface area contributed by atoms with Crippen LogP contribution < -0.4 is 21.9 Å². The van der Waals surface area contributed by atoms with Gasteiger partial charge in [-0.05, 0) is 88.4 Å². The fourth-order valence-corrected chi connectivity index (χ4v) is 2.78. The van der Waals surface area contributed by atoms with Gasteiger partial charge < -0.3 is 30.7 Å². The highest BCUT2D eigenvalue weighted by atomic mass is 16.6. The molecule has 0 bridgehead atoms. The number of benzene rings is 2. The largest absolute Gasteiger partial charge is 0.508 e. The Hall–Kier alpha value is -3.50. The van der Waals surface area contributed by atoms with Gasteiger partial charge in [0.15, 0.2) is 0 Å². The van der Waals surface area contributed by atoms with Gasteiger partial charge in [-0.3, -0.25) is 0 Å². The molecule has 2 aromatic rings. The molecule has 0 aliphatic carbocycles. The first-order chi connectivity index (χ1) is 17.1. The quantitative estimate of drug-likeness (QED) is 0.341. The zero-order valence-electron chi connectivity index (χ0n) is 21.4. The number of nitrogens with one attached hydrogen (secondary N) is 3. The van der Waals surface area contributed by atoms with Crippen molar-refractivity contribution in [1.29, 1.82) is 0 Å². The van der Waals surface area contributed by atoms with E-state index in [1.54, 1.807) is 57.2 Å². The first-order valence-corrected chi connectivity index (χ1v) is 12.0. The highest BCUT2D eigenvalue weighted by molar-refractivity contribution is 5.77. The van der Waals surface area contributed by atoms with Crippen molar-refractivity contribution >= 4 is 12.1 Å². The third kappa shape index (κ3) is 16.2. The molecule has 10 nitrogen and oxygen atoms in total. The van der Waals surface area contributed by atoms with Crippen molar-refractivity contribution < 1.29 is 29.3 Å². The number of hydrogen-bond acceptors (Lipinski definition) is 7. The molecule has 1 fully saturated rings. The summed E-state index contributed by atoms with van der Waals surface area (Å²) in [7, 11) is 0. The molecule has 0 saturated carbocycles. The average Bonchev–Trinajstić information content (AvgIpc) is 3.41. The highest BCUT2D eigenvalue weighted by Gasteiger charge is 2.16. The van der Waals surface area contributed by atoms with Crippen molar-refractivity contribution in [2.24, 2.45) is 5.73 Å². The molecular formula is C26H40N4O6. The number of nitrogens with two attached hydrogens (primary N) is 1. The smallest absolute Gasteiger partial charge is 0.426 e. The monoisotopic (exact) mass is 504 g/mol. The van der Waals surface area contributed by atoms with Gasteiger partial charge in [0, 0.05) is 19.8 Å². The number of carbonyl (C=O) groups is 2. The summed E-state index contributed by atoms with van der Waals surface area (Å²) < 4.78 is 9.90. The molecule has 1 heterocycles. The normalized spacial score (nSPS) is 12.2. The first-order valence-electron chi connectivity index (χ1n) is 12.0. The van der Waals surface area contributed by atoms with Gasteiger partial charge in [-0.25, -0.2) is 20.4 Å². The maximum atomic E-state index is 11.4. The number of amides is 3. The summed E-state index contributed by atoms with van der Waals surface area (Å²) in [6.07, 6.45) is 3.32. The van der Waals surface area contributed by atoms with Gasteiger partial charge in [0.25, 0.3) is 0 Å². The summed E-state index contributed by atoms with van der Waals surface area (Å²) in [5, 5.41) is 20.6. The summed E-state index contributed by atoms with van der Waals surface area (Å²) in [6.45, 7) is 8.23. The molecule has 0 aromatic heterocycles. The van der Waals surface area contributed by atoms with Crippen molar-refractivity contribution in [3.05, 3.63) is 59.7 Å². The van der Waals surface area contributed by atoms with E-state index in [4.69, 9.17) is 25.4 Å². The molecule has 0 atom stereocenters. The number of phenols is 2. The number of urea groups is 1. The number of hydrogen-bond donors (Lipinski definition) is 6. The highest BCUT2D eigenvalue weighted by Crippen LogP contribution is 2.10. The van der Waals surface area contributed by atoms with Crippen LogP contribution in [0.15, 0.2) is 48.5 Å². The van der Waals surface area contributed by atoms with Crippen molar-refractivity contribution in [2.75, 3.05) is 26.3 Å². The molecule has 7 N–H and O–H groups in total. The van der Waals surface area contributed by atoms with E-state index < -0.39 is 17.7 Å². The van der Waals surface area contributed by atoms with E-state index in [0.29, 0.717) is 25.3 Å². The first kappa shape index (κ1) is 30.5. The lowest BCUT2D eigenvalue weighted by molar-refractivity contribution is 0.0504. The van der Waals surface area contributed by atoms with Crippen LogP contribution in [0.4, 0.5) is 9.59 Å². The zero-order chi connectivity index (χ0) is 26.8. The van der Waals surface area contributed by atoms with Crippen LogP contribution in [0.2, 0.25) is 0 Å². The number of hydrazine groups is 1. The zero-order valence-corrected chi connectivity index (χ0v) is 21.4. The predicted molar refractivity (Wildman–Crippen MR) is 139 cm³/mol. The molecular weight excluding hydrogens is 464 g/mol. The van der Waals surface area contributed by atoms with E-state index in [2.05, 4.69) is 16.2 Å². The minimum atomic E-state index is -0.726. The second kappa shape index (κ2) is 17.0. The maximum absolute atomic E-state index is 11.4. The van der Waals surface area contributed by atoms with Gasteiger partial charge in [0.1, 0.15) is 17.1 Å². The molecule has 3 rings (SSSR count). The molecule has 1 aliphatic rings. The lowest BCUT2D eigenvalue weighted by Gasteiger charge is -2.19. The summed E-state index contributed by atoms with van der Waals surface area (Å²) >= 11 is 0. The predicted octanol–water partition coefficient (Wildman–Crippen LogP) is 3.36. The van der Waals surface area contributed by atoms with Crippen molar-refractivity contribution in [2.45, 2.75) is 52.1 Å². The molecule has 2 aromatic carbocycles. The fraction of sp³-hybridized carbons (Fsp3) is 0.462. The van der Waals surface area contributed by atoms with Crippen LogP contribution >= 0.6 is 0 Å². The Balaban J connectivity index is 0.000000350. The van der Waals surface area contributed by atoms with Crippen LogP contribution in [-0.4, -0.2) is 54.2 Å². The van der Waals surface area contributed by atoms with Crippen molar-refractivity contribution in [1.82, 2.24) is 16.2 Å². The SMILES string of the molecule is C1CCOC1.CC(C)(C)OC(=O)NNC(=O)NCCc1ccc(O)cc1.NCCc1ccc(O)cc1. The van der Waals surface area contributed by atoms with Gasteiger partial charge in [0.2, 0.25) is 0 Å². The second-order valence-electron chi connectivity index (χ2n) is 8.95. The second-order valence-corrected chi connectivity index (χ2v) is 8.95. The third-order valence-electron chi connectivity index (χ3n) is 4.51. The maximum Gasteiger partial charge on any atom is 0.426 e. The molecule has 36 heavy (non-hydrogen) atoms. The van der Waals surface area contributed by atoms with Crippen molar-refractivity contribution in [3.8, 4) is 11.5 Å². The van der Waals surface area contributed by atoms with Crippen LogP contribution in [0, 0.1) is 0 Å². The number of carbonyl (C=O) groups excluding carboxylic acids is 2. The minimum absolute atomic E-state index is 0.200. The summed E-state index contributed by atoms with van der Waals surface area (Å²) in [5.41, 5.74) is 11.2. The van der Waals surface area contributed by atoms with Crippen LogP contribution in [-0.2, 0) is 22.3 Å². The van der Waals surface area contributed by atoms with Gasteiger partial charge in [0.05, 0.1) is 0 Å². The Morgan fingerprint density at radius 3 is 1.81 bits per heavy atom. The summed E-state index contributed by atoms with van der Waals surface area (Å²) in [6, 6.07) is 13.3. The lowest BCUT2D eigenvalue weighted by Crippen LogP contribution is -2.48. The molecule has 1 aliphatic heterocycles. The van der Waals surface area contributed by atoms with Crippen molar-refractivity contribution in [3.63, 3.8) is 0 Å². The van der Waals surface area contributed by atoms with Crippen LogP contribution in [0.5, 0.6) is 11.5 Å². The standard InChI is InChI=1S/C14H21N3O4.C8H11NO.C4H8O/c1-14(2,3)21-13(20)17-16-12(19)15-9-8-10-4-6-11(18)7-5-10;9-6-5-7-1-3-8(10)4-2-7;1-2-4-5-3-1/h4-7,18H,8-9H2,1-3H3,(H,17,20)(H2,15,16,19);1-4,10H,5-6,9H2;1-4H2. The molecule has 0 radical (unpaired) electrons. The van der Waals surface area contributed by atoms with E-state index in [0.717, 1.165) is 25.2 Å². The Morgan fingerprint density at radius 2 is 1.39 bits per heavy atom. The number of rotatable bonds is 5. The summed E-state index contributed by atoms with van der Waals surface area (Å²) in [5.74, 6) is 0.506. The van der Waals surface area contributed by atoms with Crippen LogP contribution in [0.25, 0.3) is 0 Å². The molecule has 3 amide bonds. The Morgan fingerprint density at radius 1 is 0.889 bits per heavy atom. The Labute approximate surface area is 213 Å². The van der Waals surface area contributed by atoms with E-state index in [1.807, 2.05) is 12.1 Å². The molecule has 200 valence electrons. The number of phenolic OH excluding ortho intramolecular Hbond substituents is 2. The lowest BCUT2D eigenvalue weighted by atomic mass is 10.1. The van der Waals surface area contributed by atoms with E-state index in [9.17, 15) is 9.59 Å². The van der Waals surface area contributed by atoms with Crippen LogP contribution in [0.1, 0.15) is 44.7 Å². The molecule has 0 unspecified atom stereocenters. The van der Waals surface area contributed by atoms with E-state index in [-0.39, 0.29) is 5.75 Å². The van der Waals surface area contributed by atoms with Gasteiger partial charge in [-0.15, -0.1) is 0 Å². The topological polar surface area (TPSA) is 155 Å². The van der Waals surface area contributed by atoms with E-state index in [1.165, 1.54) is 18.4 Å². The Bertz CT molecular complexity index is 871. The summed E-state index contributed by atoms with van der Waals surface area (Å²) in [4.78, 5) is 22.7. The average molecular weight is 505 g/mol. The number of ether oxygens (including phenoxy) is 2. The molecule has 1 saturated heterocycles. The van der Waals surface area contributed by atoms with Gasteiger partial charge in [-0.2, -0.15) is 0 Å². The molecule has 0 spiro atoms. The molecule has 10 heteroatoms. The van der Waals surface area contributed by atoms with E-state index >= 15 is 0 Å². The fourth-order valence-electron chi connectivity index (χ4n) is 2.78. The van der Waals surface area contributed by atoms with Gasteiger partial charge in [-0.1, -0.05) is 24.3 Å².